The lowest BCUT2D eigenvalue weighted by Gasteiger charge is -2.38. The van der Waals surface area contributed by atoms with Crippen LogP contribution in [0.25, 0.3) is 10.9 Å². The number of likely N-dealkylation sites (tertiary alicyclic amines) is 1. The minimum atomic E-state index is -0.994. The molecule has 0 aliphatic carbocycles. The number of hydrogen-bond acceptors (Lipinski definition) is 6. The molecule has 0 unspecified atom stereocenters. The van der Waals surface area contributed by atoms with Crippen molar-refractivity contribution < 1.29 is 23.8 Å². The van der Waals surface area contributed by atoms with Crippen LogP contribution < -0.4 is 9.47 Å². The number of halogens is 1. The predicted octanol–water partition coefficient (Wildman–Crippen LogP) is 1.14. The molecule has 3 heterocycles. The molecular formula is C16H16FN3O4. The number of ether oxygens (including phenoxy) is 2. The van der Waals surface area contributed by atoms with Crippen LogP contribution in [-0.2, 0) is 11.2 Å². The van der Waals surface area contributed by atoms with Gasteiger partial charge in [0.25, 0.3) is 5.91 Å². The van der Waals surface area contributed by atoms with Crippen molar-refractivity contribution in [3.05, 3.63) is 17.5 Å². The Morgan fingerprint density at radius 3 is 3.04 bits per heavy atom. The molecule has 4 rings (SSSR count). The number of aromatic nitrogens is 2. The molecule has 1 N–H and O–H groups in total. The third kappa shape index (κ3) is 2.29. The Kier molecular flexibility index (Phi) is 3.40. The first-order valence-electron chi connectivity index (χ1n) is 7.73. The minimum absolute atomic E-state index is 0.0973. The Bertz CT molecular complexity index is 836. The maximum absolute atomic E-state index is 12.3. The third-order valence-electron chi connectivity index (χ3n) is 4.30. The number of nitrogens with zero attached hydrogens (tertiary/aromatic N) is 3. The summed E-state index contributed by atoms with van der Waals surface area (Å²) in [4.78, 5) is 21.0. The highest BCUT2D eigenvalue weighted by molar-refractivity contribution is 5.90. The molecule has 0 saturated carbocycles. The topological polar surface area (TPSA) is 84.8 Å². The molecular weight excluding hydrogens is 317 g/mol. The number of alkyl halides is 1. The number of fused-ring (bicyclic) bond motifs is 3. The molecule has 0 spiro atoms. The zero-order chi connectivity index (χ0) is 16.8. The van der Waals surface area contributed by atoms with Crippen molar-refractivity contribution in [2.45, 2.75) is 19.4 Å². The number of hydrogen-bond donors (Lipinski definition) is 1. The van der Waals surface area contributed by atoms with Gasteiger partial charge in [-0.2, -0.15) is 4.98 Å². The molecule has 0 radical (unpaired) electrons. The van der Waals surface area contributed by atoms with Crippen LogP contribution in [0.5, 0.6) is 17.4 Å². The van der Waals surface area contributed by atoms with Crippen molar-refractivity contribution in [3.8, 4) is 17.4 Å². The molecule has 126 valence electrons. The van der Waals surface area contributed by atoms with E-state index in [0.717, 1.165) is 5.56 Å². The Hall–Kier alpha value is -2.64. The van der Waals surface area contributed by atoms with Gasteiger partial charge in [-0.15, -0.1) is 0 Å². The van der Waals surface area contributed by atoms with Crippen molar-refractivity contribution in [1.29, 1.82) is 0 Å². The zero-order valence-electron chi connectivity index (χ0n) is 13.1. The number of carbonyl (C=O) groups is 1. The lowest BCUT2D eigenvalue weighted by Crippen LogP contribution is -2.56. The maximum atomic E-state index is 12.3. The van der Waals surface area contributed by atoms with Crippen molar-refractivity contribution in [2.75, 3.05) is 26.4 Å². The fourth-order valence-corrected chi connectivity index (χ4v) is 3.10. The van der Waals surface area contributed by atoms with Gasteiger partial charge in [0.05, 0.1) is 30.6 Å². The van der Waals surface area contributed by atoms with Crippen LogP contribution in [0.4, 0.5) is 4.39 Å². The molecule has 2 aromatic rings. The van der Waals surface area contributed by atoms with Gasteiger partial charge in [0.2, 0.25) is 5.88 Å². The quantitative estimate of drug-likeness (QED) is 0.907. The van der Waals surface area contributed by atoms with Crippen LogP contribution in [0.1, 0.15) is 11.4 Å². The molecule has 7 nitrogen and oxygen atoms in total. The van der Waals surface area contributed by atoms with Gasteiger partial charge >= 0.3 is 0 Å². The second-order valence-electron chi connectivity index (χ2n) is 5.94. The van der Waals surface area contributed by atoms with E-state index in [1.807, 2.05) is 0 Å². The molecule has 2 aliphatic rings. The second-order valence-corrected chi connectivity index (χ2v) is 5.94. The SMILES string of the molecule is Cc1nc(O)c2cc(OC3CN(C(=O)CF)C3)c3c(c2n1)CCO3. The average molecular weight is 333 g/mol. The molecule has 0 bridgehead atoms. The van der Waals surface area contributed by atoms with E-state index in [9.17, 15) is 14.3 Å². The van der Waals surface area contributed by atoms with E-state index < -0.39 is 12.6 Å². The molecule has 24 heavy (non-hydrogen) atoms. The van der Waals surface area contributed by atoms with Crippen LogP contribution >= 0.6 is 0 Å². The number of amides is 1. The summed E-state index contributed by atoms with van der Waals surface area (Å²) in [5.41, 5.74) is 1.56. The summed E-state index contributed by atoms with van der Waals surface area (Å²) in [7, 11) is 0. The molecule has 2 aliphatic heterocycles. The minimum Gasteiger partial charge on any atom is -0.493 e. The number of aryl methyl sites for hydroxylation is 1. The summed E-state index contributed by atoms with van der Waals surface area (Å²) >= 11 is 0. The standard InChI is InChI=1S/C16H16FN3O4/c1-8-18-14-10-2-3-23-15(10)12(4-11(14)16(22)19-8)24-9-6-20(7-9)13(21)5-17/h4,9H,2-3,5-7H2,1H3,(H,18,19,22). The highest BCUT2D eigenvalue weighted by Crippen LogP contribution is 2.43. The normalized spacial score (nSPS) is 16.7. The third-order valence-corrected chi connectivity index (χ3v) is 4.30. The van der Waals surface area contributed by atoms with E-state index in [1.165, 1.54) is 4.90 Å². The average Bonchev–Trinajstić information content (AvgIpc) is 3.00. The lowest BCUT2D eigenvalue weighted by molar-refractivity contribution is -0.140. The van der Waals surface area contributed by atoms with Gasteiger partial charge in [-0.05, 0) is 13.0 Å². The fourth-order valence-electron chi connectivity index (χ4n) is 3.10. The Balaban J connectivity index is 1.66. The predicted molar refractivity (Wildman–Crippen MR) is 82.1 cm³/mol. The van der Waals surface area contributed by atoms with Crippen molar-refractivity contribution in [2.24, 2.45) is 0 Å². The summed E-state index contributed by atoms with van der Waals surface area (Å²) in [5.74, 6) is 0.976. The van der Waals surface area contributed by atoms with Gasteiger partial charge < -0.3 is 19.5 Å². The summed E-state index contributed by atoms with van der Waals surface area (Å²) in [6, 6.07) is 1.66. The second kappa shape index (κ2) is 5.47. The molecule has 0 atom stereocenters. The van der Waals surface area contributed by atoms with Crippen molar-refractivity contribution in [3.63, 3.8) is 0 Å². The molecule has 8 heteroatoms. The summed E-state index contributed by atoms with van der Waals surface area (Å²) in [6.07, 6.45) is 0.454. The van der Waals surface area contributed by atoms with E-state index in [4.69, 9.17) is 9.47 Å². The maximum Gasteiger partial charge on any atom is 0.254 e. The monoisotopic (exact) mass is 333 g/mol. The molecule has 1 amide bonds. The van der Waals surface area contributed by atoms with Crippen LogP contribution in [0.15, 0.2) is 6.07 Å². The highest BCUT2D eigenvalue weighted by atomic mass is 19.1. The van der Waals surface area contributed by atoms with Crippen LogP contribution in [0, 0.1) is 6.92 Å². The molecule has 1 aromatic carbocycles. The number of benzene rings is 1. The van der Waals surface area contributed by atoms with E-state index >= 15 is 0 Å². The van der Waals surface area contributed by atoms with E-state index in [-0.39, 0.29) is 12.0 Å². The van der Waals surface area contributed by atoms with Gasteiger partial charge in [-0.3, -0.25) is 4.79 Å². The summed E-state index contributed by atoms with van der Waals surface area (Å²) in [6.45, 7) is 1.92. The van der Waals surface area contributed by atoms with Crippen LogP contribution in [-0.4, -0.2) is 58.4 Å². The van der Waals surface area contributed by atoms with Gasteiger partial charge in [0, 0.05) is 12.0 Å². The fraction of sp³-hybridized carbons (Fsp3) is 0.438. The highest BCUT2D eigenvalue weighted by Gasteiger charge is 2.34. The van der Waals surface area contributed by atoms with Gasteiger partial charge in [0.1, 0.15) is 11.9 Å². The lowest BCUT2D eigenvalue weighted by atomic mass is 10.1. The molecule has 1 aromatic heterocycles. The van der Waals surface area contributed by atoms with E-state index in [1.54, 1.807) is 13.0 Å². The van der Waals surface area contributed by atoms with E-state index in [0.29, 0.717) is 54.3 Å². The van der Waals surface area contributed by atoms with Gasteiger partial charge in [-0.1, -0.05) is 0 Å². The van der Waals surface area contributed by atoms with Gasteiger partial charge in [0.15, 0.2) is 18.2 Å². The largest absolute Gasteiger partial charge is 0.493 e. The number of carbonyl (C=O) groups excluding carboxylic acids is 1. The summed E-state index contributed by atoms with van der Waals surface area (Å²) in [5, 5.41) is 10.6. The Morgan fingerprint density at radius 1 is 1.50 bits per heavy atom. The van der Waals surface area contributed by atoms with Crippen molar-refractivity contribution >= 4 is 16.8 Å². The van der Waals surface area contributed by atoms with Crippen LogP contribution in [0.3, 0.4) is 0 Å². The van der Waals surface area contributed by atoms with Crippen LogP contribution in [0.2, 0.25) is 0 Å². The van der Waals surface area contributed by atoms with Gasteiger partial charge in [-0.25, -0.2) is 9.37 Å². The molecule has 1 saturated heterocycles. The van der Waals surface area contributed by atoms with Crippen molar-refractivity contribution in [1.82, 2.24) is 14.9 Å². The summed E-state index contributed by atoms with van der Waals surface area (Å²) < 4.78 is 23.9. The Morgan fingerprint density at radius 2 is 2.29 bits per heavy atom. The number of aromatic hydroxyl groups is 1. The number of rotatable bonds is 3. The first-order chi connectivity index (χ1) is 11.6. The zero-order valence-corrected chi connectivity index (χ0v) is 13.1. The van der Waals surface area contributed by atoms with E-state index in [2.05, 4.69) is 9.97 Å². The Labute approximate surface area is 137 Å². The smallest absolute Gasteiger partial charge is 0.254 e. The molecule has 1 fully saturated rings. The first-order valence-corrected chi connectivity index (χ1v) is 7.73. The first kappa shape index (κ1) is 14.9.